The molecule has 9 heteroatoms. The van der Waals surface area contributed by atoms with Crippen LogP contribution in [0.3, 0.4) is 0 Å². The fourth-order valence-electron chi connectivity index (χ4n) is 4.44. The molecule has 0 radical (unpaired) electrons. The first-order valence-electron chi connectivity index (χ1n) is 12.6. The number of hydrogen-bond acceptors (Lipinski definition) is 6. The molecule has 3 N–H and O–H groups in total. The minimum atomic E-state index is -0.597. The standard InChI is InChI=1S/C26H38N4O5/c1-26(2,3)35-25(34)28-16-9-7-5-4-6-8-15-27-20-12-10-11-18-19(20)17-30(24(18)33)21-13-14-22(31)29-23(21)32/h10-12,21,27H,4-9,13-17H2,1-3H3,(H,28,34)(H,29,31,32). The van der Waals surface area contributed by atoms with E-state index in [2.05, 4.69) is 16.0 Å². The molecule has 0 aliphatic carbocycles. The number of nitrogens with one attached hydrogen (secondary N) is 3. The molecule has 1 unspecified atom stereocenters. The molecule has 1 aromatic carbocycles. The predicted octanol–water partition coefficient (Wildman–Crippen LogP) is 3.72. The summed E-state index contributed by atoms with van der Waals surface area (Å²) in [4.78, 5) is 49.8. The maximum Gasteiger partial charge on any atom is 0.407 e. The number of unbranched alkanes of at least 4 members (excludes halogenated alkanes) is 5. The number of imide groups is 1. The molecule has 9 nitrogen and oxygen atoms in total. The van der Waals surface area contributed by atoms with E-state index in [1.54, 1.807) is 11.0 Å². The first-order valence-corrected chi connectivity index (χ1v) is 12.6. The van der Waals surface area contributed by atoms with Gasteiger partial charge in [-0.15, -0.1) is 0 Å². The zero-order chi connectivity index (χ0) is 25.4. The molecule has 2 heterocycles. The smallest absolute Gasteiger partial charge is 0.407 e. The molecule has 0 aromatic heterocycles. The Balaban J connectivity index is 1.33. The lowest BCUT2D eigenvalue weighted by Crippen LogP contribution is -2.52. The van der Waals surface area contributed by atoms with Crippen LogP contribution in [0.5, 0.6) is 0 Å². The average Bonchev–Trinajstić information content (AvgIpc) is 3.11. The van der Waals surface area contributed by atoms with E-state index in [1.807, 2.05) is 32.9 Å². The number of piperidine rings is 1. The summed E-state index contributed by atoms with van der Waals surface area (Å²) in [5.74, 6) is -0.827. The summed E-state index contributed by atoms with van der Waals surface area (Å²) >= 11 is 0. The topological polar surface area (TPSA) is 117 Å². The third-order valence-corrected chi connectivity index (χ3v) is 6.17. The Labute approximate surface area is 207 Å². The van der Waals surface area contributed by atoms with Gasteiger partial charge in [-0.3, -0.25) is 19.7 Å². The van der Waals surface area contributed by atoms with Crippen molar-refractivity contribution in [1.82, 2.24) is 15.5 Å². The molecule has 2 aliphatic rings. The fourth-order valence-corrected chi connectivity index (χ4v) is 4.44. The lowest BCUT2D eigenvalue weighted by molar-refractivity contribution is -0.136. The van der Waals surface area contributed by atoms with Crippen LogP contribution in [0.4, 0.5) is 10.5 Å². The Morgan fingerprint density at radius 1 is 1.06 bits per heavy atom. The summed E-state index contributed by atoms with van der Waals surface area (Å²) < 4.78 is 5.22. The van der Waals surface area contributed by atoms with Crippen molar-refractivity contribution in [2.24, 2.45) is 0 Å². The van der Waals surface area contributed by atoms with E-state index in [-0.39, 0.29) is 24.3 Å². The van der Waals surface area contributed by atoms with Gasteiger partial charge in [0, 0.05) is 42.9 Å². The quantitative estimate of drug-likeness (QED) is 0.324. The molecule has 1 fully saturated rings. The number of carbonyl (C=O) groups is 4. The molecule has 1 aromatic rings. The van der Waals surface area contributed by atoms with Crippen LogP contribution >= 0.6 is 0 Å². The van der Waals surface area contributed by atoms with Gasteiger partial charge in [0.15, 0.2) is 0 Å². The van der Waals surface area contributed by atoms with E-state index in [4.69, 9.17) is 4.74 Å². The molecule has 192 valence electrons. The van der Waals surface area contributed by atoms with E-state index < -0.39 is 17.6 Å². The molecule has 1 saturated heterocycles. The van der Waals surface area contributed by atoms with Crippen molar-refractivity contribution in [2.75, 3.05) is 18.4 Å². The van der Waals surface area contributed by atoms with Gasteiger partial charge in [0.1, 0.15) is 11.6 Å². The number of fused-ring (bicyclic) bond motifs is 1. The first-order chi connectivity index (χ1) is 16.7. The van der Waals surface area contributed by atoms with E-state index in [0.29, 0.717) is 25.1 Å². The molecule has 0 bridgehead atoms. The van der Waals surface area contributed by atoms with Gasteiger partial charge in [0.2, 0.25) is 11.8 Å². The van der Waals surface area contributed by atoms with E-state index >= 15 is 0 Å². The molecule has 3 rings (SSSR count). The highest BCUT2D eigenvalue weighted by atomic mass is 16.6. The highest BCUT2D eigenvalue weighted by Crippen LogP contribution is 2.32. The summed E-state index contributed by atoms with van der Waals surface area (Å²) in [5.41, 5.74) is 2.00. The lowest BCUT2D eigenvalue weighted by atomic mass is 10.0. The molecule has 2 aliphatic heterocycles. The minimum Gasteiger partial charge on any atom is -0.444 e. The van der Waals surface area contributed by atoms with E-state index in [1.165, 1.54) is 0 Å². The highest BCUT2D eigenvalue weighted by Gasteiger charge is 2.39. The number of ether oxygens (including phenoxy) is 1. The van der Waals surface area contributed by atoms with Gasteiger partial charge in [0.25, 0.3) is 5.91 Å². The molecular weight excluding hydrogens is 448 g/mol. The Hall–Kier alpha value is -3.10. The van der Waals surface area contributed by atoms with E-state index in [0.717, 1.165) is 56.3 Å². The van der Waals surface area contributed by atoms with Crippen LogP contribution in [0, 0.1) is 0 Å². The van der Waals surface area contributed by atoms with Crippen LogP contribution in [-0.2, 0) is 20.9 Å². The van der Waals surface area contributed by atoms with Crippen molar-refractivity contribution < 1.29 is 23.9 Å². The first kappa shape index (κ1) is 26.5. The maximum atomic E-state index is 12.9. The predicted molar refractivity (Wildman–Crippen MR) is 133 cm³/mol. The monoisotopic (exact) mass is 486 g/mol. The zero-order valence-corrected chi connectivity index (χ0v) is 21.1. The second-order valence-corrected chi connectivity index (χ2v) is 10.2. The number of nitrogens with zero attached hydrogens (tertiary/aromatic N) is 1. The lowest BCUT2D eigenvalue weighted by Gasteiger charge is -2.29. The Morgan fingerprint density at radius 2 is 1.74 bits per heavy atom. The van der Waals surface area contributed by atoms with Crippen LogP contribution in [-0.4, -0.2) is 53.4 Å². The van der Waals surface area contributed by atoms with Crippen LogP contribution in [0.25, 0.3) is 0 Å². The second-order valence-electron chi connectivity index (χ2n) is 10.2. The number of alkyl carbamates (subject to hydrolysis) is 1. The van der Waals surface area contributed by atoms with Gasteiger partial charge < -0.3 is 20.3 Å². The van der Waals surface area contributed by atoms with E-state index in [9.17, 15) is 19.2 Å². The largest absolute Gasteiger partial charge is 0.444 e. The van der Waals surface area contributed by atoms with Gasteiger partial charge >= 0.3 is 6.09 Å². The van der Waals surface area contributed by atoms with Crippen molar-refractivity contribution in [3.8, 4) is 0 Å². The molecular formula is C26H38N4O5. The highest BCUT2D eigenvalue weighted by molar-refractivity contribution is 6.06. The minimum absolute atomic E-state index is 0.153. The second kappa shape index (κ2) is 12.0. The number of carbonyl (C=O) groups excluding carboxylic acids is 4. The van der Waals surface area contributed by atoms with Crippen molar-refractivity contribution in [3.63, 3.8) is 0 Å². The summed E-state index contributed by atoms with van der Waals surface area (Å²) in [6, 6.07) is 5.03. The van der Waals surface area contributed by atoms with Crippen LogP contribution in [0.15, 0.2) is 18.2 Å². The van der Waals surface area contributed by atoms with Crippen LogP contribution in [0.1, 0.15) is 88.1 Å². The summed E-state index contributed by atoms with van der Waals surface area (Å²) in [7, 11) is 0. The Bertz CT molecular complexity index is 940. The Kier molecular flexibility index (Phi) is 9.12. The molecule has 1 atom stereocenters. The SMILES string of the molecule is CC(C)(C)OC(=O)NCCCCCCCCNc1cccc2c1CN(C1CCC(=O)NC1=O)C2=O. The normalized spacial score (nSPS) is 17.7. The fraction of sp³-hybridized carbons (Fsp3) is 0.615. The van der Waals surface area contributed by atoms with Crippen molar-refractivity contribution in [2.45, 2.75) is 90.3 Å². The molecule has 0 saturated carbocycles. The zero-order valence-electron chi connectivity index (χ0n) is 21.1. The third kappa shape index (κ3) is 7.70. The van der Waals surface area contributed by atoms with Gasteiger partial charge in [-0.2, -0.15) is 0 Å². The summed E-state index contributed by atoms with van der Waals surface area (Å²) in [6.07, 6.45) is 6.62. The van der Waals surface area contributed by atoms with Crippen molar-refractivity contribution in [3.05, 3.63) is 29.3 Å². The number of amides is 4. The third-order valence-electron chi connectivity index (χ3n) is 6.17. The van der Waals surface area contributed by atoms with Gasteiger partial charge in [-0.1, -0.05) is 31.7 Å². The summed E-state index contributed by atoms with van der Waals surface area (Å²) in [6.45, 7) is 7.36. The molecule has 35 heavy (non-hydrogen) atoms. The van der Waals surface area contributed by atoms with Gasteiger partial charge in [-0.25, -0.2) is 4.79 Å². The maximum absolute atomic E-state index is 12.9. The summed E-state index contributed by atoms with van der Waals surface area (Å²) in [5, 5.41) is 8.58. The van der Waals surface area contributed by atoms with Gasteiger partial charge in [-0.05, 0) is 52.2 Å². The van der Waals surface area contributed by atoms with Crippen molar-refractivity contribution >= 4 is 29.5 Å². The number of rotatable bonds is 11. The van der Waals surface area contributed by atoms with Crippen LogP contribution < -0.4 is 16.0 Å². The van der Waals surface area contributed by atoms with Crippen LogP contribution in [0.2, 0.25) is 0 Å². The number of benzene rings is 1. The Morgan fingerprint density at radius 3 is 2.43 bits per heavy atom. The molecule has 4 amide bonds. The number of hydrogen-bond donors (Lipinski definition) is 3. The number of anilines is 1. The average molecular weight is 487 g/mol. The van der Waals surface area contributed by atoms with Crippen molar-refractivity contribution in [1.29, 1.82) is 0 Å². The molecule has 0 spiro atoms. The van der Waals surface area contributed by atoms with Gasteiger partial charge in [0.05, 0.1) is 0 Å².